The van der Waals surface area contributed by atoms with Crippen LogP contribution in [0.1, 0.15) is 5.76 Å². The molecule has 1 N–H and O–H groups in total. The van der Waals surface area contributed by atoms with Gasteiger partial charge in [-0.25, -0.2) is 4.79 Å². The maximum Gasteiger partial charge on any atom is 0.331 e. The molecule has 1 amide bonds. The van der Waals surface area contributed by atoms with Gasteiger partial charge in [-0.15, -0.1) is 0 Å². The molecule has 0 aliphatic heterocycles. The summed E-state index contributed by atoms with van der Waals surface area (Å²) in [5.74, 6) is -0.712. The van der Waals surface area contributed by atoms with Crippen molar-refractivity contribution in [2.45, 2.75) is 0 Å². The van der Waals surface area contributed by atoms with Gasteiger partial charge in [0.1, 0.15) is 5.76 Å². The second-order valence-electron chi connectivity index (χ2n) is 4.10. The van der Waals surface area contributed by atoms with Gasteiger partial charge in [0.05, 0.1) is 22.0 Å². The number of carbonyl (C=O) groups excluding carboxylic acids is 2. The van der Waals surface area contributed by atoms with Crippen LogP contribution < -0.4 is 5.32 Å². The van der Waals surface area contributed by atoms with Crippen molar-refractivity contribution in [1.29, 1.82) is 0 Å². The zero-order chi connectivity index (χ0) is 15.9. The zero-order valence-corrected chi connectivity index (χ0v) is 12.7. The van der Waals surface area contributed by atoms with Gasteiger partial charge in [0.2, 0.25) is 0 Å². The van der Waals surface area contributed by atoms with Crippen molar-refractivity contribution in [3.63, 3.8) is 0 Å². The minimum absolute atomic E-state index is 0.276. The summed E-state index contributed by atoms with van der Waals surface area (Å²) in [7, 11) is 0. The van der Waals surface area contributed by atoms with E-state index in [0.717, 1.165) is 6.08 Å². The molecule has 7 heteroatoms. The highest BCUT2D eigenvalue weighted by molar-refractivity contribution is 6.39. The maximum absolute atomic E-state index is 11.7. The summed E-state index contributed by atoms with van der Waals surface area (Å²) in [6.45, 7) is -0.455. The van der Waals surface area contributed by atoms with Gasteiger partial charge in [0, 0.05) is 6.08 Å². The Morgan fingerprint density at radius 3 is 2.55 bits per heavy atom. The Labute approximate surface area is 136 Å². The number of amides is 1. The summed E-state index contributed by atoms with van der Waals surface area (Å²) in [5, 5.41) is 3.07. The second kappa shape index (κ2) is 7.68. The average molecular weight is 340 g/mol. The van der Waals surface area contributed by atoms with Gasteiger partial charge < -0.3 is 14.5 Å². The van der Waals surface area contributed by atoms with Crippen molar-refractivity contribution >= 4 is 46.8 Å². The molecule has 114 valence electrons. The number of carbonyl (C=O) groups is 2. The molecule has 2 rings (SSSR count). The minimum atomic E-state index is -0.670. The van der Waals surface area contributed by atoms with Crippen LogP contribution >= 0.6 is 23.2 Å². The first kappa shape index (κ1) is 16.1. The van der Waals surface area contributed by atoms with Gasteiger partial charge in [0.15, 0.2) is 6.61 Å². The molecular formula is C15H11Cl2NO4. The van der Waals surface area contributed by atoms with Crippen LogP contribution in [0.25, 0.3) is 6.08 Å². The van der Waals surface area contributed by atoms with E-state index < -0.39 is 18.5 Å². The van der Waals surface area contributed by atoms with Crippen LogP contribution in [-0.2, 0) is 14.3 Å². The number of esters is 1. The minimum Gasteiger partial charge on any atom is -0.465 e. The molecule has 22 heavy (non-hydrogen) atoms. The van der Waals surface area contributed by atoms with E-state index >= 15 is 0 Å². The predicted octanol–water partition coefficient (Wildman–Crippen LogP) is 3.78. The first-order valence-corrected chi connectivity index (χ1v) is 6.94. The lowest BCUT2D eigenvalue weighted by molar-refractivity contribution is -0.142. The first-order chi connectivity index (χ1) is 10.6. The normalized spacial score (nSPS) is 10.6. The molecule has 0 bridgehead atoms. The molecule has 0 saturated heterocycles. The summed E-state index contributed by atoms with van der Waals surface area (Å²) < 4.78 is 9.80. The first-order valence-electron chi connectivity index (χ1n) is 6.18. The van der Waals surface area contributed by atoms with Crippen LogP contribution in [-0.4, -0.2) is 18.5 Å². The van der Waals surface area contributed by atoms with Crippen molar-refractivity contribution in [3.8, 4) is 0 Å². The summed E-state index contributed by atoms with van der Waals surface area (Å²) >= 11 is 11.8. The smallest absolute Gasteiger partial charge is 0.331 e. The third-order valence-corrected chi connectivity index (χ3v) is 3.13. The maximum atomic E-state index is 11.7. The monoisotopic (exact) mass is 339 g/mol. The van der Waals surface area contributed by atoms with Gasteiger partial charge in [0.25, 0.3) is 5.91 Å². The highest BCUT2D eigenvalue weighted by Crippen LogP contribution is 2.29. The number of anilines is 1. The molecule has 1 aromatic heterocycles. The van der Waals surface area contributed by atoms with E-state index in [2.05, 4.69) is 5.32 Å². The lowest BCUT2D eigenvalue weighted by Crippen LogP contribution is -2.20. The van der Waals surface area contributed by atoms with E-state index in [1.54, 1.807) is 30.3 Å². The van der Waals surface area contributed by atoms with Crippen LogP contribution in [0.15, 0.2) is 47.1 Å². The van der Waals surface area contributed by atoms with Crippen LogP contribution in [0.4, 0.5) is 5.69 Å². The van der Waals surface area contributed by atoms with Gasteiger partial charge in [-0.05, 0) is 30.3 Å². The number of nitrogens with one attached hydrogen (secondary N) is 1. The number of benzene rings is 1. The summed E-state index contributed by atoms with van der Waals surface area (Å²) in [4.78, 5) is 23.2. The van der Waals surface area contributed by atoms with E-state index in [1.807, 2.05) is 0 Å². The molecule has 1 aromatic carbocycles. The number of ether oxygens (including phenoxy) is 1. The highest BCUT2D eigenvalue weighted by atomic mass is 35.5. The van der Waals surface area contributed by atoms with Crippen molar-refractivity contribution in [2.24, 2.45) is 0 Å². The zero-order valence-electron chi connectivity index (χ0n) is 11.2. The van der Waals surface area contributed by atoms with Crippen molar-refractivity contribution in [2.75, 3.05) is 11.9 Å². The summed E-state index contributed by atoms with van der Waals surface area (Å²) in [6.07, 6.45) is 4.07. The Hall–Kier alpha value is -2.24. The molecular weight excluding hydrogens is 329 g/mol. The number of rotatable bonds is 5. The lowest BCUT2D eigenvalue weighted by atomic mass is 10.3. The van der Waals surface area contributed by atoms with Gasteiger partial charge >= 0.3 is 5.97 Å². The fraction of sp³-hybridized carbons (Fsp3) is 0.0667. The van der Waals surface area contributed by atoms with E-state index in [4.69, 9.17) is 32.4 Å². The van der Waals surface area contributed by atoms with Crippen molar-refractivity contribution in [1.82, 2.24) is 0 Å². The number of para-hydroxylation sites is 1. The van der Waals surface area contributed by atoms with Crippen molar-refractivity contribution < 1.29 is 18.7 Å². The molecule has 0 spiro atoms. The van der Waals surface area contributed by atoms with Gasteiger partial charge in [-0.1, -0.05) is 29.3 Å². The molecule has 0 aliphatic rings. The van der Waals surface area contributed by atoms with Gasteiger partial charge in [-0.3, -0.25) is 4.79 Å². The predicted molar refractivity (Wildman–Crippen MR) is 83.8 cm³/mol. The highest BCUT2D eigenvalue weighted by Gasteiger charge is 2.11. The molecule has 0 saturated carbocycles. The second-order valence-corrected chi connectivity index (χ2v) is 4.92. The fourth-order valence-corrected chi connectivity index (χ4v) is 2.01. The van der Waals surface area contributed by atoms with E-state index in [9.17, 15) is 9.59 Å². The standard InChI is InChI=1S/C15H11Cl2NO4/c16-11-4-1-5-12(17)15(11)18-13(19)9-22-14(20)7-6-10-3-2-8-21-10/h1-8H,9H2,(H,18,19)/b7-6+. The molecule has 0 radical (unpaired) electrons. The third-order valence-electron chi connectivity index (χ3n) is 2.50. The molecule has 0 unspecified atom stereocenters. The van der Waals surface area contributed by atoms with Crippen molar-refractivity contribution in [3.05, 3.63) is 58.5 Å². The van der Waals surface area contributed by atoms with Crippen LogP contribution in [0.5, 0.6) is 0 Å². The number of furan rings is 1. The topological polar surface area (TPSA) is 68.5 Å². The summed E-state index contributed by atoms with van der Waals surface area (Å²) in [5.41, 5.74) is 0.276. The number of hydrogen-bond donors (Lipinski definition) is 1. The molecule has 5 nitrogen and oxygen atoms in total. The molecule has 1 heterocycles. The Morgan fingerprint density at radius 2 is 1.91 bits per heavy atom. The van der Waals surface area contributed by atoms with Crippen LogP contribution in [0.3, 0.4) is 0 Å². The van der Waals surface area contributed by atoms with Crippen LogP contribution in [0, 0.1) is 0 Å². The largest absolute Gasteiger partial charge is 0.465 e. The third kappa shape index (κ3) is 4.65. The average Bonchev–Trinajstić information content (AvgIpc) is 3.00. The Bertz CT molecular complexity index is 675. The SMILES string of the molecule is O=C(COC(=O)/C=C/c1ccco1)Nc1c(Cl)cccc1Cl. The Kier molecular flexibility index (Phi) is 5.63. The quantitative estimate of drug-likeness (QED) is 0.664. The Balaban J connectivity index is 1.84. The molecule has 0 atom stereocenters. The molecule has 2 aromatic rings. The van der Waals surface area contributed by atoms with E-state index in [-0.39, 0.29) is 5.69 Å². The molecule has 0 aliphatic carbocycles. The fourth-order valence-electron chi connectivity index (χ4n) is 1.51. The number of hydrogen-bond acceptors (Lipinski definition) is 4. The van der Waals surface area contributed by atoms with E-state index in [1.165, 1.54) is 12.3 Å². The summed E-state index contributed by atoms with van der Waals surface area (Å²) in [6, 6.07) is 8.18. The van der Waals surface area contributed by atoms with Gasteiger partial charge in [-0.2, -0.15) is 0 Å². The number of halogens is 2. The van der Waals surface area contributed by atoms with E-state index in [0.29, 0.717) is 15.8 Å². The Morgan fingerprint density at radius 1 is 1.18 bits per heavy atom. The van der Waals surface area contributed by atoms with Crippen LogP contribution in [0.2, 0.25) is 10.0 Å². The molecule has 0 fully saturated rings. The lowest BCUT2D eigenvalue weighted by Gasteiger charge is -2.08.